The van der Waals surface area contributed by atoms with E-state index in [1.54, 1.807) is 0 Å². The molecule has 0 aliphatic rings. The van der Waals surface area contributed by atoms with E-state index in [9.17, 15) is 0 Å². The second kappa shape index (κ2) is 20.2. The third-order valence-corrected chi connectivity index (χ3v) is 0. The molecule has 0 aromatic carbocycles. The minimum Gasteiger partial charge on any atom is -0.696 e. The van der Waals surface area contributed by atoms with Crippen LogP contribution in [0.1, 0.15) is 0 Å². The summed E-state index contributed by atoms with van der Waals surface area (Å²) in [6, 6.07) is 0. The fourth-order valence-corrected chi connectivity index (χ4v) is 0. The van der Waals surface area contributed by atoms with Gasteiger partial charge in [-0.3, -0.25) is 0 Å². The number of rotatable bonds is 0. The molecule has 0 amide bonds. The summed E-state index contributed by atoms with van der Waals surface area (Å²) < 4.78 is 0. The summed E-state index contributed by atoms with van der Waals surface area (Å²) in [5, 5.41) is 8.47. The van der Waals surface area contributed by atoms with Gasteiger partial charge in [-0.15, -0.1) is 0 Å². The number of hydrogen-bond donors (Lipinski definition) is 0. The summed E-state index contributed by atoms with van der Waals surface area (Å²) in [4.78, 5) is 0. The Hall–Kier alpha value is 0.970. The van der Waals surface area contributed by atoms with E-state index in [0.29, 0.717) is 0 Å². The zero-order chi connectivity index (χ0) is 2.71. The Morgan fingerprint density at radius 1 is 1.60 bits per heavy atom. The van der Waals surface area contributed by atoms with Crippen LogP contribution in [-0.2, 0) is 52.1 Å². The van der Waals surface area contributed by atoms with Crippen LogP contribution in [0.3, 0.4) is 0 Å². The second-order valence-electron chi connectivity index (χ2n) is 0.0913. The van der Waals surface area contributed by atoms with Crippen molar-refractivity contribution in [2.75, 3.05) is 0 Å². The molecule has 4 heteroatoms. The van der Waals surface area contributed by atoms with Crippen molar-refractivity contribution < 1.29 is 39.4 Å². The van der Waals surface area contributed by atoms with Crippen LogP contribution in [0.4, 0.5) is 0 Å². The molecule has 0 rings (SSSR count). The maximum Gasteiger partial charge on any atom is 1.00 e. The Bertz CT molecular complexity index is 33.1. The van der Waals surface area contributed by atoms with Crippen molar-refractivity contribution in [1.82, 2.24) is 0 Å². The fourth-order valence-electron chi connectivity index (χ4n) is 0. The van der Waals surface area contributed by atoms with Gasteiger partial charge in [0, 0.05) is 17.1 Å². The van der Waals surface area contributed by atoms with Crippen molar-refractivity contribution in [3.63, 3.8) is 0 Å². The van der Waals surface area contributed by atoms with E-state index < -0.39 is 0 Å². The zero-order valence-electron chi connectivity index (χ0n) is 1.96. The molecular formula is CAgCuNS. The first-order valence-corrected chi connectivity index (χ1v) is 0.836. The molecule has 0 aromatic heterocycles. The molecule has 0 saturated heterocycles. The third-order valence-electron chi connectivity index (χ3n) is 0. The van der Waals surface area contributed by atoms with E-state index in [1.165, 1.54) is 5.40 Å². The number of hydrogen-bond acceptors (Lipinski definition) is 2. The minimum atomic E-state index is 0. The first-order chi connectivity index (χ1) is 1.41. The average Bonchev–Trinajstić information content (AvgIpc) is 0.918. The van der Waals surface area contributed by atoms with Gasteiger partial charge in [-0.1, -0.05) is 5.40 Å². The van der Waals surface area contributed by atoms with Gasteiger partial charge in [-0.2, -0.15) is 0 Å². The number of nitriles is 1. The molecule has 0 atom stereocenters. The van der Waals surface area contributed by atoms with Crippen LogP contribution >= 0.6 is 0 Å². The molecule has 0 aliphatic carbocycles. The van der Waals surface area contributed by atoms with Crippen molar-refractivity contribution in [2.24, 2.45) is 0 Å². The van der Waals surface area contributed by atoms with Crippen LogP contribution in [0.2, 0.25) is 0 Å². The number of thiocyanates is 1. The Balaban J connectivity index is -0.0000000200. The van der Waals surface area contributed by atoms with Gasteiger partial charge in [0.1, 0.15) is 0 Å². The van der Waals surface area contributed by atoms with Gasteiger partial charge in [0.15, 0.2) is 0 Å². The van der Waals surface area contributed by atoms with E-state index in [4.69, 9.17) is 5.26 Å². The Morgan fingerprint density at radius 2 is 1.60 bits per heavy atom. The monoisotopic (exact) mass is 228 g/mol. The van der Waals surface area contributed by atoms with Crippen molar-refractivity contribution in [1.29, 1.82) is 5.26 Å². The smallest absolute Gasteiger partial charge is 0.696 e. The van der Waals surface area contributed by atoms with E-state index in [0.717, 1.165) is 0 Å². The van der Waals surface area contributed by atoms with Crippen molar-refractivity contribution in [3.05, 3.63) is 0 Å². The van der Waals surface area contributed by atoms with Crippen molar-refractivity contribution in [3.8, 4) is 5.40 Å². The number of nitrogens with zero attached hydrogens (tertiary/aromatic N) is 1. The van der Waals surface area contributed by atoms with Crippen LogP contribution < -0.4 is 0 Å². The zero-order valence-corrected chi connectivity index (χ0v) is 5.20. The van der Waals surface area contributed by atoms with Crippen LogP contribution in [0, 0.1) is 10.7 Å². The first-order valence-electron chi connectivity index (χ1n) is 0.428. The average molecular weight is 229 g/mol. The standard InChI is InChI=1S/CHNS.Ag.Cu/c2-1-3;;/h3H;;/q;+1;/p-1. The molecular weight excluding hydrogens is 229 g/mol. The van der Waals surface area contributed by atoms with Gasteiger partial charge in [-0.05, 0) is 0 Å². The maximum atomic E-state index is 7.13. The SMILES string of the molecule is N#C[S-].[Ag+].[Cu]. The summed E-state index contributed by atoms with van der Waals surface area (Å²) in [5.41, 5.74) is 0. The van der Waals surface area contributed by atoms with Crippen LogP contribution in [0.5, 0.6) is 0 Å². The van der Waals surface area contributed by atoms with Gasteiger partial charge < -0.3 is 12.6 Å². The Morgan fingerprint density at radius 3 is 1.60 bits per heavy atom. The van der Waals surface area contributed by atoms with E-state index in [2.05, 4.69) is 12.6 Å². The van der Waals surface area contributed by atoms with Gasteiger partial charge >= 0.3 is 22.4 Å². The summed E-state index contributed by atoms with van der Waals surface area (Å²) >= 11 is 3.70. The van der Waals surface area contributed by atoms with Gasteiger partial charge in [0.2, 0.25) is 0 Å². The summed E-state index contributed by atoms with van der Waals surface area (Å²) in [7, 11) is 0. The minimum absolute atomic E-state index is 0. The predicted octanol–water partition coefficient (Wildman–Crippen LogP) is 0.00938. The molecule has 0 N–H and O–H groups in total. The molecule has 0 saturated carbocycles. The maximum absolute atomic E-state index is 7.13. The molecule has 0 unspecified atom stereocenters. The summed E-state index contributed by atoms with van der Waals surface area (Å²) in [6.45, 7) is 0. The molecule has 0 spiro atoms. The molecule has 1 nitrogen and oxygen atoms in total. The second-order valence-corrected chi connectivity index (χ2v) is 0.274. The van der Waals surface area contributed by atoms with Gasteiger partial charge in [0.05, 0.1) is 0 Å². The molecule has 0 bridgehead atoms. The predicted molar refractivity (Wildman–Crippen MR) is 13.0 cm³/mol. The molecule has 37 valence electrons. The summed E-state index contributed by atoms with van der Waals surface area (Å²) in [6.07, 6.45) is 0. The Labute approximate surface area is 62.5 Å². The van der Waals surface area contributed by atoms with E-state index in [1.807, 2.05) is 0 Å². The topological polar surface area (TPSA) is 23.8 Å². The third kappa shape index (κ3) is 46.6. The van der Waals surface area contributed by atoms with E-state index >= 15 is 0 Å². The molecule has 0 fully saturated rings. The van der Waals surface area contributed by atoms with Gasteiger partial charge in [0.25, 0.3) is 0 Å². The van der Waals surface area contributed by atoms with E-state index in [-0.39, 0.29) is 39.4 Å². The molecule has 0 heterocycles. The molecule has 5 heavy (non-hydrogen) atoms. The normalized spacial score (nSPS) is 1.40. The Kier molecular flexibility index (Phi) is 67.5. The molecule has 0 aromatic rings. The van der Waals surface area contributed by atoms with Crippen molar-refractivity contribution in [2.45, 2.75) is 0 Å². The van der Waals surface area contributed by atoms with Crippen LogP contribution in [0.15, 0.2) is 0 Å². The first kappa shape index (κ1) is 16.7. The van der Waals surface area contributed by atoms with Crippen molar-refractivity contribution >= 4 is 12.6 Å². The van der Waals surface area contributed by atoms with Crippen LogP contribution in [-0.4, -0.2) is 0 Å². The quantitative estimate of drug-likeness (QED) is 0.332. The fraction of sp³-hybridized carbons (Fsp3) is 0. The summed E-state index contributed by atoms with van der Waals surface area (Å²) in [5.74, 6) is 0. The largest absolute Gasteiger partial charge is 1.00 e. The molecule has 0 aliphatic heterocycles. The van der Waals surface area contributed by atoms with Gasteiger partial charge in [-0.25, -0.2) is 5.26 Å². The molecule has 1 radical (unpaired) electrons. The van der Waals surface area contributed by atoms with Crippen LogP contribution in [0.25, 0.3) is 0 Å².